The lowest BCUT2D eigenvalue weighted by molar-refractivity contribution is 0.306. The largest absolute Gasteiger partial charge is 0.489 e. The first-order valence-corrected chi connectivity index (χ1v) is 10.2. The molecular formula is C27H23N3O. The van der Waals surface area contributed by atoms with E-state index in [4.69, 9.17) is 10.5 Å². The molecule has 0 amide bonds. The molecule has 0 saturated heterocycles. The second-order valence-electron chi connectivity index (χ2n) is 7.28. The number of hydrogen-bond donors (Lipinski definition) is 1. The molecule has 0 spiro atoms. The van der Waals surface area contributed by atoms with Crippen molar-refractivity contribution in [1.82, 2.24) is 4.98 Å². The molecule has 3 aromatic carbocycles. The monoisotopic (exact) mass is 405 g/mol. The molecule has 1 heterocycles. The topological polar surface area (TPSA) is 71.9 Å². The van der Waals surface area contributed by atoms with Crippen LogP contribution in [-0.2, 0) is 13.0 Å². The Morgan fingerprint density at radius 1 is 0.871 bits per heavy atom. The van der Waals surface area contributed by atoms with Crippen LogP contribution in [0.2, 0.25) is 0 Å². The quantitative estimate of drug-likeness (QED) is 0.426. The highest BCUT2D eigenvalue weighted by Gasteiger charge is 2.14. The van der Waals surface area contributed by atoms with E-state index < -0.39 is 0 Å². The number of ether oxygens (including phenoxy) is 1. The first-order chi connectivity index (χ1) is 15.2. The highest BCUT2D eigenvalue weighted by molar-refractivity contribution is 5.80. The summed E-state index contributed by atoms with van der Waals surface area (Å²) < 4.78 is 5.97. The van der Waals surface area contributed by atoms with Crippen LogP contribution in [0.25, 0.3) is 22.4 Å². The van der Waals surface area contributed by atoms with Crippen LogP contribution in [0.5, 0.6) is 5.75 Å². The number of nitrogens with zero attached hydrogens (tertiary/aromatic N) is 2. The van der Waals surface area contributed by atoms with E-state index in [0.29, 0.717) is 12.2 Å². The van der Waals surface area contributed by atoms with E-state index in [-0.39, 0.29) is 5.82 Å². The Balaban J connectivity index is 1.69. The van der Waals surface area contributed by atoms with Crippen molar-refractivity contribution >= 4 is 5.82 Å². The zero-order valence-electron chi connectivity index (χ0n) is 17.4. The van der Waals surface area contributed by atoms with Crippen LogP contribution in [0.1, 0.15) is 23.6 Å². The molecule has 4 rings (SSSR count). The maximum atomic E-state index is 9.71. The van der Waals surface area contributed by atoms with E-state index in [1.54, 1.807) is 0 Å². The standard InChI is InChI=1S/C27H23N3O/c1-2-19-11-13-21(14-12-19)26-16-24(25(17-28)27(29)30-26)22-9-6-10-23(15-22)31-18-20-7-4-3-5-8-20/h3-16H,2,18H2,1H3,(H2,29,30). The number of hydrogen-bond acceptors (Lipinski definition) is 4. The van der Waals surface area contributed by atoms with E-state index >= 15 is 0 Å². The van der Waals surface area contributed by atoms with Gasteiger partial charge in [-0.1, -0.05) is 73.7 Å². The van der Waals surface area contributed by atoms with Crippen LogP contribution in [0.15, 0.2) is 84.9 Å². The fourth-order valence-corrected chi connectivity index (χ4v) is 3.46. The zero-order valence-corrected chi connectivity index (χ0v) is 17.4. The van der Waals surface area contributed by atoms with E-state index in [2.05, 4.69) is 30.1 Å². The van der Waals surface area contributed by atoms with E-state index in [9.17, 15) is 5.26 Å². The summed E-state index contributed by atoms with van der Waals surface area (Å²) in [6.45, 7) is 2.60. The van der Waals surface area contributed by atoms with Crippen LogP contribution in [0.3, 0.4) is 0 Å². The van der Waals surface area contributed by atoms with Crippen molar-refractivity contribution < 1.29 is 4.74 Å². The number of aromatic nitrogens is 1. The molecule has 0 fully saturated rings. The molecule has 0 aliphatic carbocycles. The maximum Gasteiger partial charge on any atom is 0.142 e. The first kappa shape index (κ1) is 20.2. The minimum Gasteiger partial charge on any atom is -0.489 e. The highest BCUT2D eigenvalue weighted by atomic mass is 16.5. The van der Waals surface area contributed by atoms with Gasteiger partial charge in [0.15, 0.2) is 0 Å². The van der Waals surface area contributed by atoms with Crippen LogP contribution in [-0.4, -0.2) is 4.98 Å². The van der Waals surface area contributed by atoms with Gasteiger partial charge in [0.1, 0.15) is 29.8 Å². The van der Waals surface area contributed by atoms with Gasteiger partial charge >= 0.3 is 0 Å². The molecule has 1 aromatic heterocycles. The molecule has 0 saturated carbocycles. The Morgan fingerprint density at radius 3 is 2.35 bits per heavy atom. The molecule has 0 radical (unpaired) electrons. The normalized spacial score (nSPS) is 10.5. The molecule has 152 valence electrons. The SMILES string of the molecule is CCc1ccc(-c2cc(-c3cccc(OCc4ccccc4)c3)c(C#N)c(N)n2)cc1. The summed E-state index contributed by atoms with van der Waals surface area (Å²) in [7, 11) is 0. The fraction of sp³-hybridized carbons (Fsp3) is 0.111. The smallest absolute Gasteiger partial charge is 0.142 e. The van der Waals surface area contributed by atoms with Crippen molar-refractivity contribution in [2.24, 2.45) is 0 Å². The lowest BCUT2D eigenvalue weighted by Crippen LogP contribution is -2.00. The minimum atomic E-state index is 0.227. The molecule has 0 aliphatic heterocycles. The first-order valence-electron chi connectivity index (χ1n) is 10.2. The average molecular weight is 406 g/mol. The van der Waals surface area contributed by atoms with Crippen molar-refractivity contribution in [3.05, 3.63) is 102 Å². The third-order valence-corrected chi connectivity index (χ3v) is 5.21. The van der Waals surface area contributed by atoms with E-state index in [1.165, 1.54) is 5.56 Å². The number of pyridine rings is 1. The van der Waals surface area contributed by atoms with Gasteiger partial charge in [0.25, 0.3) is 0 Å². The van der Waals surface area contributed by atoms with Gasteiger partial charge in [-0.25, -0.2) is 4.98 Å². The number of nitrogens with two attached hydrogens (primary N) is 1. The molecule has 0 unspecified atom stereocenters. The fourth-order valence-electron chi connectivity index (χ4n) is 3.46. The van der Waals surface area contributed by atoms with Gasteiger partial charge in [-0.3, -0.25) is 0 Å². The average Bonchev–Trinajstić information content (AvgIpc) is 2.83. The molecule has 0 atom stereocenters. The van der Waals surface area contributed by atoms with Crippen molar-refractivity contribution in [3.8, 4) is 34.2 Å². The number of rotatable bonds is 6. The maximum absolute atomic E-state index is 9.71. The molecule has 4 heteroatoms. The van der Waals surface area contributed by atoms with E-state index in [0.717, 1.165) is 40.1 Å². The molecule has 4 nitrogen and oxygen atoms in total. The van der Waals surface area contributed by atoms with Crippen LogP contribution < -0.4 is 10.5 Å². The number of nitrogen functional groups attached to an aromatic ring is 1. The lowest BCUT2D eigenvalue weighted by Gasteiger charge is -2.12. The molecule has 2 N–H and O–H groups in total. The van der Waals surface area contributed by atoms with E-state index in [1.807, 2.05) is 72.8 Å². The summed E-state index contributed by atoms with van der Waals surface area (Å²) in [5, 5.41) is 9.71. The third kappa shape index (κ3) is 4.57. The number of aryl methyl sites for hydroxylation is 1. The zero-order chi connectivity index (χ0) is 21.6. The summed E-state index contributed by atoms with van der Waals surface area (Å²) in [4.78, 5) is 4.48. The second kappa shape index (κ2) is 9.15. The van der Waals surface area contributed by atoms with Gasteiger partial charge < -0.3 is 10.5 Å². The van der Waals surface area contributed by atoms with Crippen LogP contribution in [0, 0.1) is 11.3 Å². The summed E-state index contributed by atoms with van der Waals surface area (Å²) >= 11 is 0. The Hall–Kier alpha value is -4.10. The van der Waals surface area contributed by atoms with Crippen LogP contribution >= 0.6 is 0 Å². The number of nitriles is 1. The molecule has 31 heavy (non-hydrogen) atoms. The summed E-state index contributed by atoms with van der Waals surface area (Å²) in [6.07, 6.45) is 0.976. The highest BCUT2D eigenvalue weighted by Crippen LogP contribution is 2.33. The molecule has 0 aliphatic rings. The van der Waals surface area contributed by atoms with Crippen molar-refractivity contribution in [1.29, 1.82) is 5.26 Å². The van der Waals surface area contributed by atoms with Gasteiger partial charge in [-0.2, -0.15) is 5.26 Å². The Kier molecular flexibility index (Phi) is 5.96. The predicted molar refractivity (Wildman–Crippen MR) is 124 cm³/mol. The Bertz CT molecular complexity index is 1230. The van der Waals surface area contributed by atoms with Gasteiger partial charge in [0.2, 0.25) is 0 Å². The van der Waals surface area contributed by atoms with Crippen molar-refractivity contribution in [2.75, 3.05) is 5.73 Å². The van der Waals surface area contributed by atoms with Gasteiger partial charge in [0, 0.05) is 11.1 Å². The predicted octanol–water partition coefficient (Wildman–Crippen LogP) is 6.01. The number of benzene rings is 3. The Labute approximate surface area is 182 Å². The summed E-state index contributed by atoms with van der Waals surface area (Å²) in [5.74, 6) is 0.958. The second-order valence-corrected chi connectivity index (χ2v) is 7.28. The molecule has 0 bridgehead atoms. The summed E-state index contributed by atoms with van der Waals surface area (Å²) in [5.41, 5.74) is 12.2. The van der Waals surface area contributed by atoms with Crippen LogP contribution in [0.4, 0.5) is 5.82 Å². The minimum absolute atomic E-state index is 0.227. The third-order valence-electron chi connectivity index (χ3n) is 5.21. The molecule has 4 aromatic rings. The lowest BCUT2D eigenvalue weighted by atomic mass is 9.98. The molecular weight excluding hydrogens is 382 g/mol. The van der Waals surface area contributed by atoms with Gasteiger partial charge in [-0.05, 0) is 41.3 Å². The van der Waals surface area contributed by atoms with Crippen molar-refractivity contribution in [3.63, 3.8) is 0 Å². The van der Waals surface area contributed by atoms with Crippen molar-refractivity contribution in [2.45, 2.75) is 20.0 Å². The number of anilines is 1. The Morgan fingerprint density at radius 2 is 1.65 bits per heavy atom. The van der Waals surface area contributed by atoms with Gasteiger partial charge in [0.05, 0.1) is 5.69 Å². The summed E-state index contributed by atoms with van der Waals surface area (Å²) in [6, 6.07) is 30.1. The van der Waals surface area contributed by atoms with Gasteiger partial charge in [-0.15, -0.1) is 0 Å².